The minimum atomic E-state index is -3.52. The van der Waals surface area contributed by atoms with Crippen LogP contribution in [0.3, 0.4) is 0 Å². The van der Waals surface area contributed by atoms with E-state index in [1.165, 1.54) is 18.4 Å². The van der Waals surface area contributed by atoms with Gasteiger partial charge in [0, 0.05) is 27.2 Å². The quantitative estimate of drug-likeness (QED) is 0.527. The summed E-state index contributed by atoms with van der Waals surface area (Å²) in [6, 6.07) is 12.7. The Labute approximate surface area is 171 Å². The number of aliphatic imine (C=N–C) groups is 1. The predicted molar refractivity (Wildman–Crippen MR) is 112 cm³/mol. The van der Waals surface area contributed by atoms with Gasteiger partial charge in [-0.25, -0.2) is 17.7 Å². The summed E-state index contributed by atoms with van der Waals surface area (Å²) in [4.78, 5) is 4.87. The van der Waals surface area contributed by atoms with Gasteiger partial charge in [-0.1, -0.05) is 24.3 Å². The largest absolute Gasteiger partial charge is 0.454 e. The van der Waals surface area contributed by atoms with Crippen LogP contribution in [-0.2, 0) is 23.1 Å². The summed E-state index contributed by atoms with van der Waals surface area (Å²) in [7, 11) is -0.473. The molecule has 0 aliphatic carbocycles. The fourth-order valence-corrected chi connectivity index (χ4v) is 3.94. The van der Waals surface area contributed by atoms with E-state index < -0.39 is 10.0 Å². The molecule has 0 bridgehead atoms. The molecule has 1 heterocycles. The lowest BCUT2D eigenvalue weighted by atomic mass is 10.2. The fraction of sp³-hybridized carbons (Fsp3) is 0.350. The number of sulfonamides is 1. The van der Waals surface area contributed by atoms with Crippen LogP contribution in [0, 0.1) is 0 Å². The molecule has 0 atom stereocenters. The van der Waals surface area contributed by atoms with Crippen molar-refractivity contribution in [2.75, 3.05) is 27.4 Å². The number of nitrogens with zero attached hydrogens (tertiary/aromatic N) is 2. The number of ether oxygens (including phenoxy) is 2. The summed E-state index contributed by atoms with van der Waals surface area (Å²) in [5.41, 5.74) is 1.66. The third-order valence-corrected chi connectivity index (χ3v) is 6.29. The molecule has 0 fully saturated rings. The van der Waals surface area contributed by atoms with E-state index in [1.807, 2.05) is 31.2 Å². The number of fused-ring (bicyclic) bond motifs is 1. The van der Waals surface area contributed by atoms with Gasteiger partial charge in [0.1, 0.15) is 0 Å². The molecule has 0 spiro atoms. The second-order valence-corrected chi connectivity index (χ2v) is 8.75. The van der Waals surface area contributed by atoms with Crippen molar-refractivity contribution in [2.24, 2.45) is 4.99 Å². The zero-order valence-corrected chi connectivity index (χ0v) is 17.6. The number of guanidine groups is 1. The summed E-state index contributed by atoms with van der Waals surface area (Å²) in [6.07, 6.45) is 0. The van der Waals surface area contributed by atoms with Gasteiger partial charge < -0.3 is 20.1 Å². The molecule has 0 radical (unpaired) electrons. The van der Waals surface area contributed by atoms with Crippen molar-refractivity contribution in [3.63, 3.8) is 0 Å². The molecular formula is C20H26N4O4S. The lowest BCUT2D eigenvalue weighted by Gasteiger charge is -2.17. The number of hydrogen-bond acceptors (Lipinski definition) is 5. The van der Waals surface area contributed by atoms with Crippen molar-refractivity contribution < 1.29 is 17.9 Å². The molecule has 29 heavy (non-hydrogen) atoms. The van der Waals surface area contributed by atoms with Gasteiger partial charge in [-0.15, -0.1) is 0 Å². The van der Waals surface area contributed by atoms with Crippen LogP contribution in [0.1, 0.15) is 18.1 Å². The van der Waals surface area contributed by atoms with Gasteiger partial charge in [0.05, 0.1) is 11.4 Å². The molecule has 0 aromatic heterocycles. The van der Waals surface area contributed by atoms with Crippen LogP contribution in [0.4, 0.5) is 0 Å². The van der Waals surface area contributed by atoms with E-state index in [1.54, 1.807) is 18.2 Å². The molecule has 0 saturated carbocycles. The fourth-order valence-electron chi connectivity index (χ4n) is 2.83. The molecule has 2 aromatic carbocycles. The van der Waals surface area contributed by atoms with Crippen molar-refractivity contribution in [2.45, 2.75) is 24.9 Å². The van der Waals surface area contributed by atoms with E-state index in [9.17, 15) is 8.42 Å². The Kier molecular flexibility index (Phi) is 6.60. The second-order valence-electron chi connectivity index (χ2n) is 6.63. The van der Waals surface area contributed by atoms with Crippen molar-refractivity contribution in [3.8, 4) is 11.5 Å². The van der Waals surface area contributed by atoms with Crippen LogP contribution >= 0.6 is 0 Å². The zero-order chi connectivity index (χ0) is 20.9. The van der Waals surface area contributed by atoms with Gasteiger partial charge in [-0.3, -0.25) is 0 Å². The lowest BCUT2D eigenvalue weighted by molar-refractivity contribution is 0.174. The summed E-state index contributed by atoms with van der Waals surface area (Å²) in [6.45, 7) is 3.67. The van der Waals surface area contributed by atoms with Gasteiger partial charge >= 0.3 is 0 Å². The van der Waals surface area contributed by atoms with Gasteiger partial charge in [0.15, 0.2) is 17.5 Å². The normalized spacial score (nSPS) is 13.6. The SMILES string of the molecule is CCNC(=NCc1ccc2c(c1)OCO2)NCc1ccccc1S(=O)(=O)N(C)C. The highest BCUT2D eigenvalue weighted by molar-refractivity contribution is 7.89. The van der Waals surface area contributed by atoms with E-state index in [-0.39, 0.29) is 11.7 Å². The van der Waals surface area contributed by atoms with E-state index in [0.29, 0.717) is 31.2 Å². The van der Waals surface area contributed by atoms with E-state index >= 15 is 0 Å². The molecule has 0 unspecified atom stereocenters. The Morgan fingerprint density at radius 3 is 2.62 bits per heavy atom. The van der Waals surface area contributed by atoms with E-state index in [4.69, 9.17) is 9.47 Å². The first-order valence-corrected chi connectivity index (χ1v) is 10.8. The minimum absolute atomic E-state index is 0.238. The lowest BCUT2D eigenvalue weighted by Crippen LogP contribution is -2.37. The molecule has 9 heteroatoms. The maximum absolute atomic E-state index is 12.6. The van der Waals surface area contributed by atoms with E-state index in [2.05, 4.69) is 15.6 Å². The average molecular weight is 419 g/mol. The van der Waals surface area contributed by atoms with Crippen LogP contribution in [0.15, 0.2) is 52.4 Å². The number of nitrogens with one attached hydrogen (secondary N) is 2. The molecule has 0 saturated heterocycles. The van der Waals surface area contributed by atoms with Crippen molar-refractivity contribution >= 4 is 16.0 Å². The number of hydrogen-bond donors (Lipinski definition) is 2. The predicted octanol–water partition coefficient (Wildman–Crippen LogP) is 1.92. The molecule has 2 aromatic rings. The third kappa shape index (κ3) is 4.99. The molecule has 156 valence electrons. The molecular weight excluding hydrogens is 392 g/mol. The third-order valence-electron chi connectivity index (χ3n) is 4.38. The maximum Gasteiger partial charge on any atom is 0.242 e. The smallest absolute Gasteiger partial charge is 0.242 e. The molecule has 8 nitrogen and oxygen atoms in total. The Hall–Kier alpha value is -2.78. The minimum Gasteiger partial charge on any atom is -0.454 e. The summed E-state index contributed by atoms with van der Waals surface area (Å²) in [5, 5.41) is 6.39. The number of rotatable bonds is 7. The van der Waals surface area contributed by atoms with Gasteiger partial charge in [0.2, 0.25) is 16.8 Å². The topological polar surface area (TPSA) is 92.3 Å². The maximum atomic E-state index is 12.6. The first-order valence-electron chi connectivity index (χ1n) is 9.33. The van der Waals surface area contributed by atoms with Gasteiger partial charge in [-0.2, -0.15) is 0 Å². The molecule has 0 amide bonds. The Balaban J connectivity index is 1.73. The van der Waals surface area contributed by atoms with Gasteiger partial charge in [-0.05, 0) is 36.2 Å². The molecule has 1 aliphatic rings. The van der Waals surface area contributed by atoms with Crippen LogP contribution < -0.4 is 20.1 Å². The van der Waals surface area contributed by atoms with Crippen molar-refractivity contribution in [1.29, 1.82) is 0 Å². The average Bonchev–Trinajstić information content (AvgIpc) is 3.18. The molecule has 1 aliphatic heterocycles. The summed E-state index contributed by atoms with van der Waals surface area (Å²) >= 11 is 0. The van der Waals surface area contributed by atoms with E-state index in [0.717, 1.165) is 17.1 Å². The summed E-state index contributed by atoms with van der Waals surface area (Å²) < 4.78 is 37.1. The highest BCUT2D eigenvalue weighted by Gasteiger charge is 2.20. The zero-order valence-electron chi connectivity index (χ0n) is 16.8. The van der Waals surface area contributed by atoms with Crippen LogP contribution in [0.2, 0.25) is 0 Å². The molecule has 2 N–H and O–H groups in total. The first kappa shape index (κ1) is 20.9. The standard InChI is InChI=1S/C20H26N4O4S/c1-4-21-20(22-12-15-9-10-17-18(11-15)28-14-27-17)23-13-16-7-5-6-8-19(16)29(25,26)24(2)3/h5-11H,4,12-14H2,1-3H3,(H2,21,22,23). The number of benzene rings is 2. The van der Waals surface area contributed by atoms with Crippen LogP contribution in [0.5, 0.6) is 11.5 Å². The van der Waals surface area contributed by atoms with Crippen LogP contribution in [0.25, 0.3) is 0 Å². The monoisotopic (exact) mass is 418 g/mol. The Morgan fingerprint density at radius 1 is 1.10 bits per heavy atom. The van der Waals surface area contributed by atoms with Crippen molar-refractivity contribution in [3.05, 3.63) is 53.6 Å². The summed E-state index contributed by atoms with van der Waals surface area (Å²) in [5.74, 6) is 2.06. The molecule has 3 rings (SSSR count). The first-order chi connectivity index (χ1) is 13.9. The van der Waals surface area contributed by atoms with Gasteiger partial charge in [0.25, 0.3) is 0 Å². The van der Waals surface area contributed by atoms with Crippen molar-refractivity contribution in [1.82, 2.24) is 14.9 Å². The highest BCUT2D eigenvalue weighted by atomic mass is 32.2. The Morgan fingerprint density at radius 2 is 1.86 bits per heavy atom. The Bertz CT molecular complexity index is 990. The highest BCUT2D eigenvalue weighted by Crippen LogP contribution is 2.32. The second kappa shape index (κ2) is 9.15. The van der Waals surface area contributed by atoms with Crippen LogP contribution in [-0.4, -0.2) is 46.1 Å².